The second kappa shape index (κ2) is 8.97. The van der Waals surface area contributed by atoms with Gasteiger partial charge in [-0.15, -0.1) is 0 Å². The van der Waals surface area contributed by atoms with Crippen molar-refractivity contribution in [2.45, 2.75) is 20.8 Å². The SMILES string of the molecule is CC(C)CNCC(C)CN(C)CCN(C)C. The smallest absolute Gasteiger partial charge is 0.0106 e. The highest BCUT2D eigenvalue weighted by Crippen LogP contribution is 1.97. The van der Waals surface area contributed by atoms with Gasteiger partial charge in [0.2, 0.25) is 0 Å². The topological polar surface area (TPSA) is 18.5 Å². The van der Waals surface area contributed by atoms with Gasteiger partial charge in [-0.3, -0.25) is 0 Å². The highest BCUT2D eigenvalue weighted by atomic mass is 15.1. The molecule has 1 N–H and O–H groups in total. The van der Waals surface area contributed by atoms with Crippen LogP contribution < -0.4 is 5.32 Å². The van der Waals surface area contributed by atoms with Crippen molar-refractivity contribution in [1.82, 2.24) is 15.1 Å². The van der Waals surface area contributed by atoms with Gasteiger partial charge in [0.15, 0.2) is 0 Å². The van der Waals surface area contributed by atoms with Crippen LogP contribution in [0.4, 0.5) is 0 Å². The van der Waals surface area contributed by atoms with E-state index in [1.165, 1.54) is 6.54 Å². The van der Waals surface area contributed by atoms with E-state index in [0.29, 0.717) is 0 Å². The van der Waals surface area contributed by atoms with E-state index in [9.17, 15) is 0 Å². The maximum absolute atomic E-state index is 3.52. The van der Waals surface area contributed by atoms with Crippen molar-refractivity contribution in [3.63, 3.8) is 0 Å². The lowest BCUT2D eigenvalue weighted by Crippen LogP contribution is -2.35. The fraction of sp³-hybridized carbons (Fsp3) is 1.00. The summed E-state index contributed by atoms with van der Waals surface area (Å²) in [6.45, 7) is 12.6. The maximum Gasteiger partial charge on any atom is 0.0106 e. The molecule has 3 heteroatoms. The van der Waals surface area contributed by atoms with Gasteiger partial charge in [0.25, 0.3) is 0 Å². The summed E-state index contributed by atoms with van der Waals surface area (Å²) in [6.07, 6.45) is 0. The van der Waals surface area contributed by atoms with Gasteiger partial charge in [0.05, 0.1) is 0 Å². The summed E-state index contributed by atoms with van der Waals surface area (Å²) in [4.78, 5) is 4.65. The van der Waals surface area contributed by atoms with Crippen molar-refractivity contribution in [2.24, 2.45) is 11.8 Å². The van der Waals surface area contributed by atoms with Crippen LogP contribution >= 0.6 is 0 Å². The predicted molar refractivity (Wildman–Crippen MR) is 72.9 cm³/mol. The molecule has 0 aliphatic carbocycles. The van der Waals surface area contributed by atoms with Crippen LogP contribution in [0.25, 0.3) is 0 Å². The predicted octanol–water partition coefficient (Wildman–Crippen LogP) is 1.36. The molecule has 0 fully saturated rings. The molecule has 0 amide bonds. The third-order valence-electron chi connectivity index (χ3n) is 2.60. The van der Waals surface area contributed by atoms with Crippen molar-refractivity contribution in [3.8, 4) is 0 Å². The average molecular weight is 229 g/mol. The summed E-state index contributed by atoms with van der Waals surface area (Å²) < 4.78 is 0. The standard InChI is InChI=1S/C13H31N3/c1-12(2)9-14-10-13(3)11-16(6)8-7-15(4)5/h12-14H,7-11H2,1-6H3. The van der Waals surface area contributed by atoms with Gasteiger partial charge in [0, 0.05) is 19.6 Å². The third kappa shape index (κ3) is 10.4. The number of nitrogens with one attached hydrogen (secondary N) is 1. The molecule has 0 aromatic heterocycles. The molecule has 0 heterocycles. The second-order valence-electron chi connectivity index (χ2n) is 5.72. The number of hydrogen-bond acceptors (Lipinski definition) is 3. The number of nitrogens with zero attached hydrogens (tertiary/aromatic N) is 2. The van der Waals surface area contributed by atoms with Crippen molar-refractivity contribution in [3.05, 3.63) is 0 Å². The van der Waals surface area contributed by atoms with Gasteiger partial charge in [0.1, 0.15) is 0 Å². The molecule has 1 atom stereocenters. The first-order chi connectivity index (χ1) is 7.41. The van der Waals surface area contributed by atoms with Crippen LogP contribution in [0.5, 0.6) is 0 Å². The van der Waals surface area contributed by atoms with Crippen LogP contribution in [-0.2, 0) is 0 Å². The minimum Gasteiger partial charge on any atom is -0.316 e. The van der Waals surface area contributed by atoms with E-state index < -0.39 is 0 Å². The van der Waals surface area contributed by atoms with Crippen LogP contribution in [0.15, 0.2) is 0 Å². The van der Waals surface area contributed by atoms with Crippen molar-refractivity contribution in [2.75, 3.05) is 53.9 Å². The fourth-order valence-electron chi connectivity index (χ4n) is 1.68. The Balaban J connectivity index is 3.50. The lowest BCUT2D eigenvalue weighted by molar-refractivity contribution is 0.249. The number of hydrogen-bond donors (Lipinski definition) is 1. The second-order valence-corrected chi connectivity index (χ2v) is 5.72. The first-order valence-electron chi connectivity index (χ1n) is 6.45. The summed E-state index contributed by atoms with van der Waals surface area (Å²) in [5.74, 6) is 1.48. The molecule has 0 bridgehead atoms. The first kappa shape index (κ1) is 15.9. The van der Waals surface area contributed by atoms with Gasteiger partial charge in [-0.05, 0) is 46.1 Å². The Kier molecular flexibility index (Phi) is 8.90. The summed E-state index contributed by atoms with van der Waals surface area (Å²) in [6, 6.07) is 0. The van der Waals surface area contributed by atoms with Crippen LogP contribution in [0, 0.1) is 11.8 Å². The van der Waals surface area contributed by atoms with E-state index in [-0.39, 0.29) is 0 Å². The molecule has 98 valence electrons. The van der Waals surface area contributed by atoms with E-state index >= 15 is 0 Å². The van der Waals surface area contributed by atoms with Crippen LogP contribution in [0.2, 0.25) is 0 Å². The third-order valence-corrected chi connectivity index (χ3v) is 2.60. The largest absolute Gasteiger partial charge is 0.316 e. The summed E-state index contributed by atoms with van der Waals surface area (Å²) in [5.41, 5.74) is 0. The van der Waals surface area contributed by atoms with Crippen LogP contribution in [0.3, 0.4) is 0 Å². The Morgan fingerprint density at radius 3 is 2.06 bits per heavy atom. The zero-order valence-corrected chi connectivity index (χ0v) is 12.1. The molecule has 0 aliphatic rings. The highest BCUT2D eigenvalue weighted by molar-refractivity contribution is 4.63. The number of likely N-dealkylation sites (N-methyl/N-ethyl adjacent to an activating group) is 2. The fourth-order valence-corrected chi connectivity index (χ4v) is 1.68. The van der Waals surface area contributed by atoms with Gasteiger partial charge in [-0.25, -0.2) is 0 Å². The van der Waals surface area contributed by atoms with E-state index in [1.807, 2.05) is 0 Å². The molecule has 0 aliphatic heterocycles. The average Bonchev–Trinajstić information content (AvgIpc) is 2.14. The Morgan fingerprint density at radius 1 is 0.938 bits per heavy atom. The quantitative estimate of drug-likeness (QED) is 0.644. The zero-order valence-electron chi connectivity index (χ0n) is 12.1. The van der Waals surface area contributed by atoms with E-state index in [1.54, 1.807) is 0 Å². The molecule has 16 heavy (non-hydrogen) atoms. The lowest BCUT2D eigenvalue weighted by Gasteiger charge is -2.23. The van der Waals surface area contributed by atoms with Gasteiger partial charge < -0.3 is 15.1 Å². The molecular weight excluding hydrogens is 198 g/mol. The molecule has 0 saturated carbocycles. The molecule has 3 nitrogen and oxygen atoms in total. The Hall–Kier alpha value is -0.120. The Labute approximate surface area is 102 Å². The summed E-state index contributed by atoms with van der Waals surface area (Å²) >= 11 is 0. The van der Waals surface area contributed by atoms with Gasteiger partial charge in [-0.2, -0.15) is 0 Å². The molecule has 0 aromatic carbocycles. The molecule has 0 radical (unpaired) electrons. The van der Waals surface area contributed by atoms with E-state index in [4.69, 9.17) is 0 Å². The van der Waals surface area contributed by atoms with Crippen LogP contribution in [-0.4, -0.2) is 63.7 Å². The minimum absolute atomic E-state index is 0.728. The minimum atomic E-state index is 0.728. The first-order valence-corrected chi connectivity index (χ1v) is 6.45. The Morgan fingerprint density at radius 2 is 1.56 bits per heavy atom. The monoisotopic (exact) mass is 229 g/mol. The molecule has 0 rings (SSSR count). The van der Waals surface area contributed by atoms with E-state index in [2.05, 4.69) is 57.0 Å². The summed E-state index contributed by atoms with van der Waals surface area (Å²) in [7, 11) is 6.46. The highest BCUT2D eigenvalue weighted by Gasteiger charge is 2.06. The van der Waals surface area contributed by atoms with Crippen LogP contribution in [0.1, 0.15) is 20.8 Å². The van der Waals surface area contributed by atoms with Crippen molar-refractivity contribution in [1.29, 1.82) is 0 Å². The molecule has 0 saturated heterocycles. The molecular formula is C13H31N3. The van der Waals surface area contributed by atoms with Crippen molar-refractivity contribution >= 4 is 0 Å². The number of rotatable bonds is 9. The summed E-state index contributed by atoms with van der Waals surface area (Å²) in [5, 5.41) is 3.52. The normalized spacial score (nSPS) is 14.1. The molecule has 0 spiro atoms. The Bertz CT molecular complexity index is 157. The van der Waals surface area contributed by atoms with Gasteiger partial charge in [-0.1, -0.05) is 20.8 Å². The lowest BCUT2D eigenvalue weighted by atomic mass is 10.1. The van der Waals surface area contributed by atoms with E-state index in [0.717, 1.165) is 38.0 Å². The molecule has 1 unspecified atom stereocenters. The zero-order chi connectivity index (χ0) is 12.6. The maximum atomic E-state index is 3.52. The van der Waals surface area contributed by atoms with Gasteiger partial charge >= 0.3 is 0 Å². The van der Waals surface area contributed by atoms with Crippen molar-refractivity contribution < 1.29 is 0 Å². The molecule has 0 aromatic rings.